The number of rotatable bonds is 4. The van der Waals surface area contributed by atoms with Crippen molar-refractivity contribution in [1.29, 1.82) is 0 Å². The maximum absolute atomic E-state index is 11.4. The van der Waals surface area contributed by atoms with E-state index in [0.717, 1.165) is 0 Å². The fourth-order valence-electron chi connectivity index (χ4n) is 1.64. The van der Waals surface area contributed by atoms with E-state index in [1.54, 1.807) is 7.05 Å². The first-order chi connectivity index (χ1) is 8.40. The standard InChI is InChI=1S/C10H17N3O5/c1-13-5-6(2-3-8(13)15)12-10(18)11-4-7(14)9(16)17/h6-7,14H,2-5H2,1H3,(H,16,17)(H2,11,12,18)/t6?,7-/m0/s1. The summed E-state index contributed by atoms with van der Waals surface area (Å²) in [6.45, 7) is 0.0659. The van der Waals surface area contributed by atoms with Gasteiger partial charge in [0.15, 0.2) is 6.10 Å². The maximum atomic E-state index is 11.4. The van der Waals surface area contributed by atoms with E-state index < -0.39 is 18.1 Å². The summed E-state index contributed by atoms with van der Waals surface area (Å²) in [5.74, 6) is -1.35. The van der Waals surface area contributed by atoms with Gasteiger partial charge in [-0.3, -0.25) is 4.79 Å². The summed E-state index contributed by atoms with van der Waals surface area (Å²) in [4.78, 5) is 34.5. The molecule has 102 valence electrons. The molecule has 1 fully saturated rings. The van der Waals surface area contributed by atoms with E-state index in [-0.39, 0.29) is 18.5 Å². The molecule has 0 bridgehead atoms. The number of carboxylic acid groups (broad SMARTS) is 1. The second kappa shape index (κ2) is 6.20. The third-order valence-corrected chi connectivity index (χ3v) is 2.70. The van der Waals surface area contributed by atoms with Crippen LogP contribution in [-0.4, -0.2) is 65.3 Å². The Hall–Kier alpha value is -1.83. The zero-order chi connectivity index (χ0) is 13.7. The van der Waals surface area contributed by atoms with Crippen LogP contribution >= 0.6 is 0 Å². The molecule has 0 aromatic carbocycles. The molecule has 1 aliphatic heterocycles. The van der Waals surface area contributed by atoms with Crippen molar-refractivity contribution in [2.24, 2.45) is 0 Å². The summed E-state index contributed by atoms with van der Waals surface area (Å²) < 4.78 is 0. The third kappa shape index (κ3) is 4.21. The van der Waals surface area contributed by atoms with E-state index in [2.05, 4.69) is 10.6 Å². The second-order valence-corrected chi connectivity index (χ2v) is 4.22. The van der Waals surface area contributed by atoms with Crippen LogP contribution in [-0.2, 0) is 9.59 Å². The van der Waals surface area contributed by atoms with Crippen molar-refractivity contribution in [3.63, 3.8) is 0 Å². The third-order valence-electron chi connectivity index (χ3n) is 2.70. The lowest BCUT2D eigenvalue weighted by Crippen LogP contribution is -2.52. The number of aliphatic hydroxyl groups is 1. The first-order valence-electron chi connectivity index (χ1n) is 5.59. The fraction of sp³-hybridized carbons (Fsp3) is 0.700. The van der Waals surface area contributed by atoms with Gasteiger partial charge in [-0.25, -0.2) is 9.59 Å². The van der Waals surface area contributed by atoms with E-state index in [4.69, 9.17) is 10.2 Å². The van der Waals surface area contributed by atoms with Crippen molar-refractivity contribution < 1.29 is 24.6 Å². The highest BCUT2D eigenvalue weighted by Gasteiger charge is 2.24. The highest BCUT2D eigenvalue weighted by molar-refractivity contribution is 5.79. The van der Waals surface area contributed by atoms with E-state index in [9.17, 15) is 14.4 Å². The summed E-state index contributed by atoms with van der Waals surface area (Å²) >= 11 is 0. The molecule has 8 nitrogen and oxygen atoms in total. The lowest BCUT2D eigenvalue weighted by Gasteiger charge is -2.30. The molecule has 3 amide bonds. The van der Waals surface area contributed by atoms with Crippen molar-refractivity contribution in [2.75, 3.05) is 20.1 Å². The number of nitrogens with zero attached hydrogens (tertiary/aromatic N) is 1. The number of hydrogen-bond donors (Lipinski definition) is 4. The summed E-state index contributed by atoms with van der Waals surface area (Å²) in [5.41, 5.74) is 0. The Kier molecular flexibility index (Phi) is 4.90. The van der Waals surface area contributed by atoms with Crippen LogP contribution in [0.15, 0.2) is 0 Å². The molecule has 4 N–H and O–H groups in total. The van der Waals surface area contributed by atoms with Crippen LogP contribution in [0.5, 0.6) is 0 Å². The number of nitrogens with one attached hydrogen (secondary N) is 2. The molecule has 0 aliphatic carbocycles. The molecule has 0 spiro atoms. The van der Waals surface area contributed by atoms with Crippen LogP contribution in [0.2, 0.25) is 0 Å². The number of amides is 3. The number of piperidine rings is 1. The highest BCUT2D eigenvalue weighted by Crippen LogP contribution is 2.09. The van der Waals surface area contributed by atoms with Gasteiger partial charge in [-0.15, -0.1) is 0 Å². The summed E-state index contributed by atoms with van der Waals surface area (Å²) in [7, 11) is 1.66. The number of carbonyl (C=O) groups excluding carboxylic acids is 2. The van der Waals surface area contributed by atoms with Crippen LogP contribution < -0.4 is 10.6 Å². The van der Waals surface area contributed by atoms with Crippen LogP contribution in [0.3, 0.4) is 0 Å². The van der Waals surface area contributed by atoms with Crippen molar-refractivity contribution in [2.45, 2.75) is 25.0 Å². The predicted molar refractivity (Wildman–Crippen MR) is 60.8 cm³/mol. The van der Waals surface area contributed by atoms with Gasteiger partial charge in [0.2, 0.25) is 5.91 Å². The molecule has 0 aromatic heterocycles. The Morgan fingerprint density at radius 2 is 2.22 bits per heavy atom. The van der Waals surface area contributed by atoms with Gasteiger partial charge in [0.25, 0.3) is 0 Å². The normalized spacial score (nSPS) is 21.3. The van der Waals surface area contributed by atoms with Crippen molar-refractivity contribution in [3.8, 4) is 0 Å². The Bertz CT molecular complexity index is 346. The van der Waals surface area contributed by atoms with Crippen LogP contribution in [0, 0.1) is 0 Å². The SMILES string of the molecule is CN1CC(NC(=O)NC[C@H](O)C(=O)O)CCC1=O. The average Bonchev–Trinajstić information content (AvgIpc) is 2.30. The van der Waals surface area contributed by atoms with Crippen LogP contribution in [0.25, 0.3) is 0 Å². The molecule has 1 unspecified atom stereocenters. The maximum Gasteiger partial charge on any atom is 0.334 e. The Labute approximate surface area is 104 Å². The minimum absolute atomic E-state index is 0.0368. The molecule has 0 aromatic rings. The van der Waals surface area contributed by atoms with E-state index in [1.165, 1.54) is 4.90 Å². The molecular formula is C10H17N3O5. The van der Waals surface area contributed by atoms with Crippen molar-refractivity contribution >= 4 is 17.9 Å². The zero-order valence-corrected chi connectivity index (χ0v) is 10.0. The minimum atomic E-state index is -1.62. The predicted octanol–water partition coefficient (Wildman–Crippen LogP) is -1.65. The Morgan fingerprint density at radius 1 is 1.56 bits per heavy atom. The highest BCUT2D eigenvalue weighted by atomic mass is 16.4. The Balaban J connectivity index is 2.28. The molecule has 1 heterocycles. The average molecular weight is 259 g/mol. The van der Waals surface area contributed by atoms with Gasteiger partial charge in [0.1, 0.15) is 0 Å². The number of carboxylic acids is 1. The summed E-state index contributed by atoms with van der Waals surface area (Å²) in [6, 6.07) is -0.710. The Morgan fingerprint density at radius 3 is 2.78 bits per heavy atom. The number of urea groups is 1. The summed E-state index contributed by atoms with van der Waals surface area (Å²) in [5, 5.41) is 22.2. The first-order valence-corrected chi connectivity index (χ1v) is 5.59. The molecule has 1 rings (SSSR count). The van der Waals surface area contributed by atoms with E-state index in [1.807, 2.05) is 0 Å². The number of aliphatic hydroxyl groups excluding tert-OH is 1. The topological polar surface area (TPSA) is 119 Å². The molecule has 0 saturated carbocycles. The lowest BCUT2D eigenvalue weighted by atomic mass is 10.1. The number of aliphatic carboxylic acids is 1. The number of hydrogen-bond acceptors (Lipinski definition) is 4. The molecule has 0 radical (unpaired) electrons. The van der Waals surface area contributed by atoms with Gasteiger partial charge in [-0.05, 0) is 6.42 Å². The van der Waals surface area contributed by atoms with Crippen LogP contribution in [0.4, 0.5) is 4.79 Å². The van der Waals surface area contributed by atoms with E-state index >= 15 is 0 Å². The smallest absolute Gasteiger partial charge is 0.334 e. The molecule has 1 aliphatic rings. The van der Waals surface area contributed by atoms with Crippen LogP contribution in [0.1, 0.15) is 12.8 Å². The largest absolute Gasteiger partial charge is 0.479 e. The molecular weight excluding hydrogens is 242 g/mol. The number of likely N-dealkylation sites (N-methyl/N-ethyl adjacent to an activating group) is 1. The zero-order valence-electron chi connectivity index (χ0n) is 10.0. The second-order valence-electron chi connectivity index (χ2n) is 4.22. The number of likely N-dealkylation sites (tertiary alicyclic amines) is 1. The molecule has 2 atom stereocenters. The van der Waals surface area contributed by atoms with Gasteiger partial charge in [0.05, 0.1) is 6.54 Å². The number of carbonyl (C=O) groups is 3. The van der Waals surface area contributed by atoms with E-state index in [0.29, 0.717) is 19.4 Å². The van der Waals surface area contributed by atoms with Crippen molar-refractivity contribution in [1.82, 2.24) is 15.5 Å². The first kappa shape index (κ1) is 14.2. The van der Waals surface area contributed by atoms with Crippen molar-refractivity contribution in [3.05, 3.63) is 0 Å². The molecule has 8 heteroatoms. The molecule has 18 heavy (non-hydrogen) atoms. The summed E-state index contributed by atoms with van der Waals surface area (Å²) in [6.07, 6.45) is -0.691. The fourth-order valence-corrected chi connectivity index (χ4v) is 1.64. The lowest BCUT2D eigenvalue weighted by molar-refractivity contribution is -0.146. The minimum Gasteiger partial charge on any atom is -0.479 e. The quantitative estimate of drug-likeness (QED) is 0.482. The van der Waals surface area contributed by atoms with Gasteiger partial charge < -0.3 is 25.7 Å². The molecule has 1 saturated heterocycles. The van der Waals surface area contributed by atoms with Gasteiger partial charge in [-0.1, -0.05) is 0 Å². The van der Waals surface area contributed by atoms with Gasteiger partial charge in [-0.2, -0.15) is 0 Å². The monoisotopic (exact) mass is 259 g/mol. The van der Waals surface area contributed by atoms with Gasteiger partial charge in [0, 0.05) is 26.1 Å². The van der Waals surface area contributed by atoms with Gasteiger partial charge >= 0.3 is 12.0 Å².